The van der Waals surface area contributed by atoms with Gasteiger partial charge >= 0.3 is 15.6 Å². The molecule has 3 aliphatic heterocycles. The summed E-state index contributed by atoms with van der Waals surface area (Å²) in [7, 11) is -10.7. The molecule has 2 fully saturated rings. The zero-order valence-electron chi connectivity index (χ0n) is 23.4. The molecule has 6 heterocycles. The van der Waals surface area contributed by atoms with Crippen LogP contribution in [0.4, 0.5) is 23.4 Å². The largest absolute Gasteiger partial charge is 0.481 e. The minimum atomic E-state index is -5.37. The van der Waals surface area contributed by atoms with Crippen LogP contribution in [0.2, 0.25) is 0 Å². The minimum absolute atomic E-state index is 0.0827. The Morgan fingerprint density at radius 1 is 0.915 bits per heavy atom. The Bertz CT molecular complexity index is 1900. The van der Waals surface area contributed by atoms with Crippen LogP contribution in [-0.4, -0.2) is 110 Å². The first-order valence-corrected chi connectivity index (χ1v) is 17.4. The second-order valence-electron chi connectivity index (χ2n) is 10.5. The quantitative estimate of drug-likeness (QED) is 0.0794. The van der Waals surface area contributed by atoms with Crippen molar-refractivity contribution in [1.82, 2.24) is 29.5 Å². The van der Waals surface area contributed by atoms with Gasteiger partial charge in [0.1, 0.15) is 24.0 Å². The van der Waals surface area contributed by atoms with Crippen molar-refractivity contribution < 1.29 is 52.0 Å². The Labute approximate surface area is 272 Å². The second-order valence-corrected chi connectivity index (χ2v) is 14.7. The number of phosphoric ester groups is 2. The summed E-state index contributed by atoms with van der Waals surface area (Å²) in [4.78, 5) is 61.1. The average Bonchev–Trinajstić information content (AvgIpc) is 3.52. The fourth-order valence-electron chi connectivity index (χ4n) is 5.16. The number of aliphatic hydroxyl groups is 2. The minimum Gasteiger partial charge on any atom is -0.387 e. The maximum atomic E-state index is 12.6. The number of nitrogens with two attached hydrogens (primary N) is 2. The summed E-state index contributed by atoms with van der Waals surface area (Å²) in [6, 6.07) is -0.616. The van der Waals surface area contributed by atoms with Gasteiger partial charge in [0, 0.05) is 10.5 Å². The Balaban J connectivity index is 1.05. The molecule has 47 heavy (non-hydrogen) atoms. The summed E-state index contributed by atoms with van der Waals surface area (Å²) < 4.78 is 51.8. The lowest BCUT2D eigenvalue weighted by atomic mass is 9.99. The maximum Gasteiger partial charge on any atom is 0.481 e. The molecule has 0 aliphatic carbocycles. The SMILES string of the molecule is Nc1nc2c(c(=O)[nH]1)NC1C(N2)OC(COP(=O)(O)OP(=O)(O)OCC2OC(n3cnc4c(=O)[nH]c(N)nc43)C(O)C2O)C(S)C1S. The number of anilines is 4. The van der Waals surface area contributed by atoms with Gasteiger partial charge in [-0.05, 0) is 0 Å². The number of aromatic nitrogens is 6. The van der Waals surface area contributed by atoms with E-state index in [9.17, 15) is 38.7 Å². The number of ether oxygens (including phenoxy) is 2. The molecule has 0 aromatic carbocycles. The van der Waals surface area contributed by atoms with Gasteiger partial charge in [-0.3, -0.25) is 33.2 Å². The highest BCUT2D eigenvalue weighted by Gasteiger charge is 2.48. The highest BCUT2D eigenvalue weighted by molar-refractivity contribution is 7.85. The Hall–Kier alpha value is -2.77. The van der Waals surface area contributed by atoms with Crippen molar-refractivity contribution in [2.24, 2.45) is 0 Å². The lowest BCUT2D eigenvalue weighted by molar-refractivity contribution is -0.0591. The smallest absolute Gasteiger partial charge is 0.387 e. The number of aromatic amines is 2. The third-order valence-corrected chi connectivity index (χ3v) is 11.5. The maximum absolute atomic E-state index is 12.6. The molecule has 3 aromatic heterocycles. The Morgan fingerprint density at radius 3 is 2.26 bits per heavy atom. The molecule has 0 bridgehead atoms. The van der Waals surface area contributed by atoms with Crippen LogP contribution in [0.15, 0.2) is 15.9 Å². The molecule has 0 amide bonds. The number of aliphatic hydroxyl groups excluding tert-OH is 2. The number of hydrogen-bond donors (Lipinski definition) is 12. The highest BCUT2D eigenvalue weighted by atomic mass is 32.1. The Morgan fingerprint density at radius 2 is 1.55 bits per heavy atom. The third-order valence-electron chi connectivity index (χ3n) is 7.35. The predicted octanol–water partition coefficient (Wildman–Crippen LogP) is -2.53. The Kier molecular flexibility index (Phi) is 9.14. The van der Waals surface area contributed by atoms with Crippen LogP contribution in [0.1, 0.15) is 6.23 Å². The fraction of sp³-hybridized carbons (Fsp3) is 0.550. The fourth-order valence-corrected chi connectivity index (χ4v) is 8.01. The molecule has 0 spiro atoms. The van der Waals surface area contributed by atoms with Crippen LogP contribution in [0.3, 0.4) is 0 Å². The van der Waals surface area contributed by atoms with Gasteiger partial charge in [0.25, 0.3) is 11.1 Å². The summed E-state index contributed by atoms with van der Waals surface area (Å²) >= 11 is 8.99. The molecule has 11 unspecified atom stereocenters. The first-order chi connectivity index (χ1) is 22.0. The van der Waals surface area contributed by atoms with Gasteiger partial charge in [-0.15, -0.1) is 0 Å². The van der Waals surface area contributed by atoms with Gasteiger partial charge in [0.05, 0.1) is 31.7 Å². The molecule has 3 aliphatic rings. The van der Waals surface area contributed by atoms with E-state index in [0.29, 0.717) is 0 Å². The van der Waals surface area contributed by atoms with Gasteiger partial charge in [0.2, 0.25) is 11.9 Å². The van der Waals surface area contributed by atoms with Crippen molar-refractivity contribution in [2.75, 3.05) is 35.3 Å². The van der Waals surface area contributed by atoms with Gasteiger partial charge in [-0.1, -0.05) is 0 Å². The third kappa shape index (κ3) is 6.76. The van der Waals surface area contributed by atoms with Crippen molar-refractivity contribution in [3.63, 3.8) is 0 Å². The second kappa shape index (κ2) is 12.6. The molecule has 6 rings (SSSR count). The number of fused-ring (bicyclic) bond motifs is 3. The van der Waals surface area contributed by atoms with E-state index in [-0.39, 0.29) is 34.6 Å². The van der Waals surface area contributed by atoms with Gasteiger partial charge in [-0.25, -0.2) is 14.1 Å². The van der Waals surface area contributed by atoms with E-state index in [1.165, 1.54) is 0 Å². The van der Waals surface area contributed by atoms with E-state index in [1.54, 1.807) is 0 Å². The van der Waals surface area contributed by atoms with Crippen molar-refractivity contribution in [3.05, 3.63) is 27.0 Å². The summed E-state index contributed by atoms with van der Waals surface area (Å²) in [6.07, 6.45) is -7.05. The van der Waals surface area contributed by atoms with Crippen LogP contribution >= 0.6 is 40.9 Å². The number of phosphoric acid groups is 2. The lowest BCUT2D eigenvalue weighted by Gasteiger charge is -2.46. The summed E-state index contributed by atoms with van der Waals surface area (Å²) in [5, 5.41) is 25.5. The number of nitrogen functional groups attached to an aromatic ring is 2. The number of hydrogen-bond acceptors (Lipinski definition) is 20. The van der Waals surface area contributed by atoms with Crippen molar-refractivity contribution >= 4 is 75.5 Å². The van der Waals surface area contributed by atoms with Crippen LogP contribution < -0.4 is 33.2 Å². The number of nitrogens with zero attached hydrogens (tertiary/aromatic N) is 4. The van der Waals surface area contributed by atoms with E-state index in [1.807, 2.05) is 0 Å². The van der Waals surface area contributed by atoms with Gasteiger partial charge < -0.3 is 51.6 Å². The molecular weight excluding hydrogens is 714 g/mol. The molecule has 258 valence electrons. The zero-order valence-corrected chi connectivity index (χ0v) is 27.0. The van der Waals surface area contributed by atoms with Crippen molar-refractivity contribution in [2.45, 2.75) is 53.4 Å². The topological polar surface area (TPSA) is 347 Å². The summed E-state index contributed by atoms with van der Waals surface area (Å²) in [6.45, 7) is -1.60. The molecule has 3 aromatic rings. The first kappa shape index (κ1) is 34.1. The standard InChI is InChI=1S/C20H28N10O13P2S2/c21-19-26-13-7(15(33)28-19)24-6-12(47)11(46)5(41-17(6)25-13)2-40-45(37,38)43-44(35,36)39-1-4-9(31)10(32)18(42-4)30-3-23-8-14(30)27-20(22)29-16(8)34/h3-6,9-12,17-18,24,31-32,46-47H,1-2H2,(H,35,36)(H,37,38)(H3,22,27,29,34)(H4,21,25,26,28,33). The molecule has 23 nitrogen and oxygen atoms in total. The van der Waals surface area contributed by atoms with Crippen LogP contribution in [0, 0.1) is 0 Å². The van der Waals surface area contributed by atoms with E-state index in [2.05, 4.69) is 65.1 Å². The number of nitrogens with one attached hydrogen (secondary N) is 4. The van der Waals surface area contributed by atoms with E-state index < -0.39 is 93.4 Å². The van der Waals surface area contributed by atoms with E-state index >= 15 is 0 Å². The van der Waals surface area contributed by atoms with Crippen LogP contribution in [-0.2, 0) is 32.0 Å². The number of imidazole rings is 1. The molecule has 0 saturated carbocycles. The average molecular weight is 743 g/mol. The van der Waals surface area contributed by atoms with Crippen LogP contribution in [0.25, 0.3) is 11.2 Å². The zero-order chi connectivity index (χ0) is 34.0. The van der Waals surface area contributed by atoms with Gasteiger partial charge in [-0.2, -0.15) is 39.5 Å². The number of rotatable bonds is 9. The predicted molar refractivity (Wildman–Crippen MR) is 166 cm³/mol. The number of thiol groups is 2. The molecule has 0 radical (unpaired) electrons. The normalized spacial score (nSPS) is 32.9. The molecular formula is C20H28N10O13P2S2. The molecule has 27 heteroatoms. The van der Waals surface area contributed by atoms with Gasteiger partial charge in [0.15, 0.2) is 29.4 Å². The summed E-state index contributed by atoms with van der Waals surface area (Å²) in [5.41, 5.74) is 9.84. The monoisotopic (exact) mass is 742 g/mol. The highest BCUT2D eigenvalue weighted by Crippen LogP contribution is 2.60. The lowest BCUT2D eigenvalue weighted by Crippen LogP contribution is -2.62. The van der Waals surface area contributed by atoms with E-state index in [4.69, 9.17) is 30.0 Å². The van der Waals surface area contributed by atoms with E-state index in [0.717, 1.165) is 10.9 Å². The molecule has 2 saturated heterocycles. The summed E-state index contributed by atoms with van der Waals surface area (Å²) in [5.74, 6) is -0.321. The molecule has 12 N–H and O–H groups in total. The van der Waals surface area contributed by atoms with Crippen molar-refractivity contribution in [3.8, 4) is 0 Å². The molecule has 11 atom stereocenters. The number of H-pyrrole nitrogens is 2. The van der Waals surface area contributed by atoms with Crippen molar-refractivity contribution in [1.29, 1.82) is 0 Å². The first-order valence-electron chi connectivity index (χ1n) is 13.4. The van der Waals surface area contributed by atoms with Crippen LogP contribution in [0.5, 0.6) is 0 Å².